The van der Waals surface area contributed by atoms with Gasteiger partial charge in [-0.25, -0.2) is 0 Å². The number of carbonyl (C=O) groups excluding carboxylic acids is 2. The Hall–Kier alpha value is -3.02. The Balaban J connectivity index is 1.94. The molecule has 41 heavy (non-hydrogen) atoms. The van der Waals surface area contributed by atoms with Crippen LogP contribution in [0.15, 0.2) is 48.5 Å². The number of nitrogens with zero attached hydrogens (tertiary/aromatic N) is 1. The molecule has 3 rings (SSSR count). The van der Waals surface area contributed by atoms with Gasteiger partial charge >= 0.3 is 0 Å². The first-order chi connectivity index (χ1) is 19.5. The zero-order chi connectivity index (χ0) is 30.1. The van der Waals surface area contributed by atoms with E-state index in [0.717, 1.165) is 16.7 Å². The Morgan fingerprint density at radius 1 is 1.05 bits per heavy atom. The van der Waals surface area contributed by atoms with Crippen molar-refractivity contribution in [1.29, 1.82) is 0 Å². The molecule has 0 fully saturated rings. The molecule has 0 aliphatic carbocycles. The van der Waals surface area contributed by atoms with E-state index in [-0.39, 0.29) is 25.3 Å². The van der Waals surface area contributed by atoms with Gasteiger partial charge in [0, 0.05) is 32.0 Å². The second-order valence-electron chi connectivity index (χ2n) is 11.3. The van der Waals surface area contributed by atoms with Gasteiger partial charge in [0.05, 0.1) is 12.2 Å². The summed E-state index contributed by atoms with van der Waals surface area (Å²) in [5, 5.41) is 41.7. The van der Waals surface area contributed by atoms with Crippen LogP contribution in [-0.4, -0.2) is 95.3 Å². The Bertz CT molecular complexity index is 1140. The highest BCUT2D eigenvalue weighted by Crippen LogP contribution is 2.20. The number of carbonyl (C=O) groups is 2. The topological polar surface area (TPSA) is 143 Å². The van der Waals surface area contributed by atoms with Crippen LogP contribution in [0.3, 0.4) is 0 Å². The number of aliphatic hydroxyl groups excluding tert-OH is 3. The molecule has 2 amide bonds. The molecule has 1 aliphatic heterocycles. The molecule has 6 unspecified atom stereocenters. The molecular formula is C31H46N4O6. The maximum atomic E-state index is 13.6. The lowest BCUT2D eigenvalue weighted by Crippen LogP contribution is -2.62. The molecule has 0 saturated heterocycles. The lowest BCUT2D eigenvalue weighted by atomic mass is 9.99. The summed E-state index contributed by atoms with van der Waals surface area (Å²) in [5.41, 5.74) is 2.67. The van der Waals surface area contributed by atoms with E-state index in [1.54, 1.807) is 7.05 Å². The molecule has 0 saturated carbocycles. The van der Waals surface area contributed by atoms with Crippen LogP contribution >= 0.6 is 0 Å². The smallest absolute Gasteiger partial charge is 0.243 e. The van der Waals surface area contributed by atoms with E-state index in [1.807, 2.05) is 69.3 Å². The second kappa shape index (κ2) is 15.3. The van der Waals surface area contributed by atoms with Crippen LogP contribution < -0.4 is 20.7 Å². The van der Waals surface area contributed by atoms with Crippen molar-refractivity contribution in [1.82, 2.24) is 20.9 Å². The number of benzene rings is 2. The highest BCUT2D eigenvalue weighted by Gasteiger charge is 2.37. The molecule has 0 spiro atoms. The SMILES string of the molecule is Cc1cccc(CC2NC(=O)C(C(C)O)N(C)C(O)C(C(C)C)NCCOc3ccccc3CC(O)CNC2=O)c1. The van der Waals surface area contributed by atoms with Crippen LogP contribution in [-0.2, 0) is 22.4 Å². The Labute approximate surface area is 243 Å². The van der Waals surface area contributed by atoms with Gasteiger partial charge in [0.15, 0.2) is 0 Å². The number of nitrogens with one attached hydrogen (secondary N) is 3. The zero-order valence-electron chi connectivity index (χ0n) is 24.7. The van der Waals surface area contributed by atoms with Gasteiger partial charge in [-0.15, -0.1) is 0 Å². The van der Waals surface area contributed by atoms with E-state index < -0.39 is 48.4 Å². The minimum absolute atomic E-state index is 0.0157. The third-order valence-corrected chi connectivity index (χ3v) is 7.46. The minimum atomic E-state index is -1.14. The average Bonchev–Trinajstić information content (AvgIpc) is 2.91. The molecule has 10 nitrogen and oxygen atoms in total. The molecule has 0 aromatic heterocycles. The van der Waals surface area contributed by atoms with Crippen molar-refractivity contribution >= 4 is 11.8 Å². The first-order valence-corrected chi connectivity index (χ1v) is 14.3. The predicted octanol–water partition coefficient (Wildman–Crippen LogP) is 0.748. The third kappa shape index (κ3) is 9.24. The number of aliphatic hydroxyl groups is 3. The first-order valence-electron chi connectivity index (χ1n) is 14.3. The number of likely N-dealkylation sites (N-methyl/N-ethyl adjacent to an activating group) is 1. The summed E-state index contributed by atoms with van der Waals surface area (Å²) in [5.74, 6) is -0.425. The van der Waals surface area contributed by atoms with E-state index in [0.29, 0.717) is 18.9 Å². The van der Waals surface area contributed by atoms with E-state index in [4.69, 9.17) is 4.74 Å². The lowest BCUT2D eigenvalue weighted by molar-refractivity contribution is -0.141. The molecule has 1 heterocycles. The highest BCUT2D eigenvalue weighted by atomic mass is 16.5. The van der Waals surface area contributed by atoms with Crippen molar-refractivity contribution in [3.63, 3.8) is 0 Å². The first kappa shape index (κ1) is 32.5. The van der Waals surface area contributed by atoms with Crippen molar-refractivity contribution in [2.45, 2.75) is 77.1 Å². The summed E-state index contributed by atoms with van der Waals surface area (Å²) in [7, 11) is 1.58. The Morgan fingerprint density at radius 3 is 2.46 bits per heavy atom. The summed E-state index contributed by atoms with van der Waals surface area (Å²) in [6.45, 7) is 8.05. The quantitative estimate of drug-likeness (QED) is 0.316. The molecule has 10 heteroatoms. The van der Waals surface area contributed by atoms with Crippen LogP contribution in [0.1, 0.15) is 37.5 Å². The van der Waals surface area contributed by atoms with Crippen molar-refractivity contribution in [3.05, 3.63) is 65.2 Å². The Kier molecular flexibility index (Phi) is 12.1. The summed E-state index contributed by atoms with van der Waals surface area (Å²) >= 11 is 0. The number of ether oxygens (including phenoxy) is 1. The van der Waals surface area contributed by atoms with Crippen LogP contribution in [0.4, 0.5) is 0 Å². The van der Waals surface area contributed by atoms with Crippen LogP contribution in [0, 0.1) is 12.8 Å². The van der Waals surface area contributed by atoms with Gasteiger partial charge in [-0.2, -0.15) is 0 Å². The van der Waals surface area contributed by atoms with E-state index in [1.165, 1.54) is 11.8 Å². The fourth-order valence-corrected chi connectivity index (χ4v) is 5.26. The average molecular weight is 571 g/mol. The van der Waals surface area contributed by atoms with Crippen LogP contribution in [0.2, 0.25) is 0 Å². The monoisotopic (exact) mass is 570 g/mol. The molecule has 6 atom stereocenters. The van der Waals surface area contributed by atoms with Crippen molar-refractivity contribution in [3.8, 4) is 5.75 Å². The van der Waals surface area contributed by atoms with Gasteiger partial charge < -0.3 is 36.0 Å². The molecule has 0 radical (unpaired) electrons. The van der Waals surface area contributed by atoms with Gasteiger partial charge in [0.2, 0.25) is 11.8 Å². The number of aryl methyl sites for hydroxylation is 1. The zero-order valence-corrected chi connectivity index (χ0v) is 24.7. The fourth-order valence-electron chi connectivity index (χ4n) is 5.26. The Morgan fingerprint density at radius 2 is 1.78 bits per heavy atom. The molecule has 2 aromatic carbocycles. The predicted molar refractivity (Wildman–Crippen MR) is 157 cm³/mol. The normalized spacial score (nSPS) is 26.6. The molecule has 0 bridgehead atoms. The second-order valence-corrected chi connectivity index (χ2v) is 11.3. The van der Waals surface area contributed by atoms with E-state index in [9.17, 15) is 24.9 Å². The van der Waals surface area contributed by atoms with Gasteiger partial charge in [0.25, 0.3) is 0 Å². The molecule has 226 valence electrons. The summed E-state index contributed by atoms with van der Waals surface area (Å²) < 4.78 is 6.00. The largest absolute Gasteiger partial charge is 0.492 e. The minimum Gasteiger partial charge on any atom is -0.492 e. The van der Waals surface area contributed by atoms with Gasteiger partial charge in [-0.3, -0.25) is 14.5 Å². The summed E-state index contributed by atoms with van der Waals surface area (Å²) in [4.78, 5) is 28.4. The van der Waals surface area contributed by atoms with E-state index in [2.05, 4.69) is 16.0 Å². The molecule has 1 aliphatic rings. The lowest BCUT2D eigenvalue weighted by Gasteiger charge is -2.39. The van der Waals surface area contributed by atoms with Crippen molar-refractivity contribution in [2.24, 2.45) is 5.92 Å². The maximum absolute atomic E-state index is 13.6. The fraction of sp³-hybridized carbons (Fsp3) is 0.548. The highest BCUT2D eigenvalue weighted by molar-refractivity contribution is 5.90. The van der Waals surface area contributed by atoms with Gasteiger partial charge in [0.1, 0.15) is 30.7 Å². The third-order valence-electron chi connectivity index (χ3n) is 7.46. The van der Waals surface area contributed by atoms with E-state index >= 15 is 0 Å². The number of fused-ring (bicyclic) bond motifs is 1. The number of β-amino-alcohol motifs (C(OH)–C–C–N with tert-alkyl or cyclic N) is 1. The number of rotatable bonds is 4. The van der Waals surface area contributed by atoms with Crippen LogP contribution in [0.25, 0.3) is 0 Å². The maximum Gasteiger partial charge on any atom is 0.243 e. The number of hydrogen-bond acceptors (Lipinski definition) is 8. The summed E-state index contributed by atoms with van der Waals surface area (Å²) in [6.07, 6.45) is -2.67. The standard InChI is InChI=1S/C31H46N4O6/c1-19(2)27-31(40)35(5)28(21(4)36)30(39)34-25(16-22-10-8-9-20(3)15-22)29(38)33-18-24(37)17-23-11-6-7-12-26(23)41-14-13-32-27/h6-12,15,19,21,24-25,27-28,31-32,36-37,40H,13-14,16-18H2,1-5H3,(H,33,38)(H,34,39). The van der Waals surface area contributed by atoms with Crippen molar-refractivity contribution in [2.75, 3.05) is 26.7 Å². The van der Waals surface area contributed by atoms with Crippen molar-refractivity contribution < 1.29 is 29.6 Å². The number of para-hydroxylation sites is 1. The molecule has 6 N–H and O–H groups in total. The summed E-state index contributed by atoms with van der Waals surface area (Å²) in [6, 6.07) is 12.5. The molecular weight excluding hydrogens is 524 g/mol. The molecule has 2 aromatic rings. The van der Waals surface area contributed by atoms with Gasteiger partial charge in [-0.05, 0) is 44.0 Å². The van der Waals surface area contributed by atoms with Gasteiger partial charge in [-0.1, -0.05) is 61.9 Å². The number of hydrogen-bond donors (Lipinski definition) is 6. The van der Waals surface area contributed by atoms with Crippen LogP contribution in [0.5, 0.6) is 5.75 Å². The number of amides is 2.